The first kappa shape index (κ1) is 19.5. The summed E-state index contributed by atoms with van der Waals surface area (Å²) in [6.07, 6.45) is 2.30. The summed E-state index contributed by atoms with van der Waals surface area (Å²) in [4.78, 5) is 32.0. The van der Waals surface area contributed by atoms with Crippen LogP contribution in [0.5, 0.6) is 0 Å². The molecule has 0 saturated carbocycles. The zero-order chi connectivity index (χ0) is 19.4. The van der Waals surface area contributed by atoms with E-state index in [1.165, 1.54) is 4.90 Å². The molecule has 0 bridgehead atoms. The Morgan fingerprint density at radius 3 is 3.04 bits per heavy atom. The van der Waals surface area contributed by atoms with Gasteiger partial charge in [0.25, 0.3) is 6.01 Å². The van der Waals surface area contributed by atoms with Gasteiger partial charge in [-0.3, -0.25) is 9.59 Å². The summed E-state index contributed by atoms with van der Waals surface area (Å²) in [5.74, 6) is -0.252. The third-order valence-electron chi connectivity index (χ3n) is 4.69. The van der Waals surface area contributed by atoms with E-state index in [-0.39, 0.29) is 24.3 Å². The summed E-state index contributed by atoms with van der Waals surface area (Å²) in [5, 5.41) is 0.608. The highest BCUT2D eigenvalue weighted by Gasteiger charge is 2.26. The van der Waals surface area contributed by atoms with E-state index in [1.54, 1.807) is 26.1 Å². The van der Waals surface area contributed by atoms with E-state index in [1.807, 2.05) is 6.07 Å². The van der Waals surface area contributed by atoms with Crippen LogP contribution in [0.15, 0.2) is 22.6 Å². The number of benzene rings is 1. The fourth-order valence-electron chi connectivity index (χ4n) is 3.32. The van der Waals surface area contributed by atoms with Gasteiger partial charge in [-0.25, -0.2) is 0 Å². The molecule has 8 heteroatoms. The van der Waals surface area contributed by atoms with Crippen molar-refractivity contribution in [3.63, 3.8) is 0 Å². The molecular formula is C19H24ClN3O4. The fourth-order valence-corrected chi connectivity index (χ4v) is 3.48. The Bertz CT molecular complexity index is 822. The molecule has 0 aliphatic carbocycles. The van der Waals surface area contributed by atoms with Crippen LogP contribution in [0.3, 0.4) is 0 Å². The van der Waals surface area contributed by atoms with E-state index in [9.17, 15) is 9.59 Å². The molecule has 1 unspecified atom stereocenters. The number of likely N-dealkylation sites (N-methyl/N-ethyl adjacent to an activating group) is 1. The minimum atomic E-state index is -0.385. The monoisotopic (exact) mass is 393 g/mol. The van der Waals surface area contributed by atoms with Gasteiger partial charge in [-0.15, -0.1) is 0 Å². The van der Waals surface area contributed by atoms with Gasteiger partial charge in [0.1, 0.15) is 12.1 Å². The first-order valence-corrected chi connectivity index (χ1v) is 9.54. The van der Waals surface area contributed by atoms with Crippen molar-refractivity contribution >= 4 is 40.6 Å². The Hall–Kier alpha value is -2.28. The summed E-state index contributed by atoms with van der Waals surface area (Å²) in [6.45, 7) is 3.57. The summed E-state index contributed by atoms with van der Waals surface area (Å²) < 4.78 is 10.7. The Balaban J connectivity index is 1.60. The van der Waals surface area contributed by atoms with Gasteiger partial charge in [0.2, 0.25) is 5.91 Å². The number of esters is 1. The van der Waals surface area contributed by atoms with Crippen molar-refractivity contribution in [3.8, 4) is 0 Å². The molecule has 1 aromatic heterocycles. The molecule has 1 fully saturated rings. The second-order valence-corrected chi connectivity index (χ2v) is 7.26. The van der Waals surface area contributed by atoms with Crippen LogP contribution in [0, 0.1) is 5.92 Å². The van der Waals surface area contributed by atoms with Crippen molar-refractivity contribution < 1.29 is 18.7 Å². The predicted molar refractivity (Wildman–Crippen MR) is 103 cm³/mol. The van der Waals surface area contributed by atoms with Crippen LogP contribution in [-0.4, -0.2) is 55.0 Å². The van der Waals surface area contributed by atoms with E-state index in [2.05, 4.69) is 9.88 Å². The van der Waals surface area contributed by atoms with E-state index in [0.29, 0.717) is 36.2 Å². The number of oxazole rings is 1. The second-order valence-electron chi connectivity index (χ2n) is 6.82. The molecule has 2 heterocycles. The Morgan fingerprint density at radius 1 is 1.44 bits per heavy atom. The number of carbonyl (C=O) groups excluding carboxylic acids is 2. The van der Waals surface area contributed by atoms with Gasteiger partial charge in [0.05, 0.1) is 6.61 Å². The van der Waals surface area contributed by atoms with Crippen LogP contribution in [-0.2, 0) is 14.3 Å². The first-order valence-electron chi connectivity index (χ1n) is 9.17. The van der Waals surface area contributed by atoms with E-state index in [0.717, 1.165) is 24.9 Å². The number of amides is 1. The van der Waals surface area contributed by atoms with Gasteiger partial charge >= 0.3 is 5.97 Å². The third kappa shape index (κ3) is 4.91. The van der Waals surface area contributed by atoms with Crippen LogP contribution >= 0.6 is 11.6 Å². The molecule has 1 aliphatic heterocycles. The standard InChI is InChI=1S/C19H24ClN3O4/c1-3-26-18(25)12-22(2)17(24)9-13-5-4-8-23(11-13)19-21-15-7-6-14(20)10-16(15)27-19/h6-7,10,13H,3-5,8-9,11-12H2,1-2H3. The zero-order valence-corrected chi connectivity index (χ0v) is 16.4. The number of ether oxygens (including phenoxy) is 1. The number of carbonyl (C=O) groups is 2. The first-order chi connectivity index (χ1) is 13.0. The maximum Gasteiger partial charge on any atom is 0.325 e. The van der Waals surface area contributed by atoms with Gasteiger partial charge in [-0.05, 0) is 37.8 Å². The van der Waals surface area contributed by atoms with Crippen molar-refractivity contribution in [3.05, 3.63) is 23.2 Å². The summed E-state index contributed by atoms with van der Waals surface area (Å²) in [6, 6.07) is 5.93. The van der Waals surface area contributed by atoms with Gasteiger partial charge in [-0.2, -0.15) is 4.98 Å². The van der Waals surface area contributed by atoms with E-state index >= 15 is 0 Å². The lowest BCUT2D eigenvalue weighted by atomic mass is 9.94. The van der Waals surface area contributed by atoms with Gasteiger partial charge in [-0.1, -0.05) is 11.6 Å². The topological polar surface area (TPSA) is 75.9 Å². The predicted octanol–water partition coefficient (Wildman–Crippen LogP) is 3.11. The lowest BCUT2D eigenvalue weighted by Gasteiger charge is -2.32. The second kappa shape index (κ2) is 8.61. The van der Waals surface area contributed by atoms with Crippen molar-refractivity contribution in [2.75, 3.05) is 38.2 Å². The minimum Gasteiger partial charge on any atom is -0.465 e. The molecule has 2 aromatic rings. The van der Waals surface area contributed by atoms with E-state index in [4.69, 9.17) is 20.8 Å². The van der Waals surface area contributed by atoms with Crippen molar-refractivity contribution in [1.82, 2.24) is 9.88 Å². The fraction of sp³-hybridized carbons (Fsp3) is 0.526. The number of hydrogen-bond acceptors (Lipinski definition) is 6. The Morgan fingerprint density at radius 2 is 2.26 bits per heavy atom. The molecule has 1 saturated heterocycles. The number of piperidine rings is 1. The molecule has 0 N–H and O–H groups in total. The van der Waals surface area contributed by atoms with Gasteiger partial charge < -0.3 is 19.0 Å². The molecule has 0 spiro atoms. The normalized spacial score (nSPS) is 17.1. The van der Waals surface area contributed by atoms with Crippen molar-refractivity contribution in [1.29, 1.82) is 0 Å². The highest BCUT2D eigenvalue weighted by atomic mass is 35.5. The summed E-state index contributed by atoms with van der Waals surface area (Å²) in [7, 11) is 1.63. The SMILES string of the molecule is CCOC(=O)CN(C)C(=O)CC1CCCN(c2nc3ccc(Cl)cc3o2)C1. The Kier molecular flexibility index (Phi) is 6.21. The average Bonchev–Trinajstić information content (AvgIpc) is 3.05. The zero-order valence-electron chi connectivity index (χ0n) is 15.6. The number of nitrogens with zero attached hydrogens (tertiary/aromatic N) is 3. The smallest absolute Gasteiger partial charge is 0.325 e. The van der Waals surface area contributed by atoms with E-state index < -0.39 is 0 Å². The van der Waals surface area contributed by atoms with Gasteiger partial charge in [0, 0.05) is 37.6 Å². The molecule has 1 amide bonds. The molecule has 0 radical (unpaired) electrons. The lowest BCUT2D eigenvalue weighted by molar-refractivity contribution is -0.148. The molecule has 7 nitrogen and oxygen atoms in total. The molecular weight excluding hydrogens is 370 g/mol. The Labute approximate surface area is 163 Å². The highest BCUT2D eigenvalue weighted by molar-refractivity contribution is 6.31. The summed E-state index contributed by atoms with van der Waals surface area (Å²) in [5.41, 5.74) is 1.42. The molecule has 1 atom stereocenters. The number of rotatable bonds is 6. The average molecular weight is 394 g/mol. The van der Waals surface area contributed by atoms with Crippen molar-refractivity contribution in [2.45, 2.75) is 26.2 Å². The molecule has 3 rings (SSSR count). The third-order valence-corrected chi connectivity index (χ3v) is 4.92. The van der Waals surface area contributed by atoms with Gasteiger partial charge in [0.15, 0.2) is 5.58 Å². The van der Waals surface area contributed by atoms with Crippen LogP contribution < -0.4 is 4.90 Å². The minimum absolute atomic E-state index is 0.0189. The van der Waals surface area contributed by atoms with Crippen LogP contribution in [0.2, 0.25) is 5.02 Å². The number of fused-ring (bicyclic) bond motifs is 1. The number of anilines is 1. The van der Waals surface area contributed by atoms with Crippen molar-refractivity contribution in [2.24, 2.45) is 5.92 Å². The van der Waals surface area contributed by atoms with Crippen LogP contribution in [0.4, 0.5) is 6.01 Å². The number of aromatic nitrogens is 1. The maximum absolute atomic E-state index is 12.4. The number of hydrogen-bond donors (Lipinski definition) is 0. The summed E-state index contributed by atoms with van der Waals surface area (Å²) >= 11 is 6.00. The van der Waals surface area contributed by atoms with Crippen LogP contribution in [0.1, 0.15) is 26.2 Å². The highest BCUT2D eigenvalue weighted by Crippen LogP contribution is 2.29. The molecule has 146 valence electrons. The lowest BCUT2D eigenvalue weighted by Crippen LogP contribution is -2.39. The molecule has 1 aromatic carbocycles. The van der Waals surface area contributed by atoms with Crippen LogP contribution in [0.25, 0.3) is 11.1 Å². The number of halogens is 1. The molecule has 27 heavy (non-hydrogen) atoms. The largest absolute Gasteiger partial charge is 0.465 e. The maximum atomic E-state index is 12.4. The quantitative estimate of drug-likeness (QED) is 0.702. The molecule has 1 aliphatic rings.